The second kappa shape index (κ2) is 6.49. The van der Waals surface area contributed by atoms with E-state index >= 15 is 0 Å². The van der Waals surface area contributed by atoms with Crippen molar-refractivity contribution in [3.8, 4) is 5.75 Å². The number of halogens is 3. The molecule has 0 saturated heterocycles. The Hall–Kier alpha value is -1.43. The van der Waals surface area contributed by atoms with E-state index in [1.165, 1.54) is 14.2 Å². The third-order valence-electron chi connectivity index (χ3n) is 2.36. The fourth-order valence-electron chi connectivity index (χ4n) is 1.51. The molecule has 0 N–H and O–H groups in total. The van der Waals surface area contributed by atoms with Crippen LogP contribution in [0.1, 0.15) is 23.2 Å². The molecule has 0 aliphatic carbocycles. The zero-order chi connectivity index (χ0) is 13.7. The molecule has 1 aromatic heterocycles. The van der Waals surface area contributed by atoms with Crippen molar-refractivity contribution < 1.29 is 23.0 Å². The molecule has 0 unspecified atom stereocenters. The van der Waals surface area contributed by atoms with Gasteiger partial charge in [0.25, 0.3) is 6.43 Å². The van der Waals surface area contributed by atoms with E-state index in [0.29, 0.717) is 5.69 Å². The van der Waals surface area contributed by atoms with Gasteiger partial charge in [-0.05, 0) is 0 Å². The number of hydrogen-bond acceptors (Lipinski definition) is 4. The summed E-state index contributed by atoms with van der Waals surface area (Å²) < 4.78 is 35.2. The standard InChI is InChI=1S/C11H12ClF2NO3/c1-17-9(16)3-6-7(11(13)14)5-15-8(4-12)10(6)18-2/h5,11H,3-4H2,1-2H3. The summed E-state index contributed by atoms with van der Waals surface area (Å²) in [7, 11) is 2.49. The smallest absolute Gasteiger partial charge is 0.310 e. The maximum absolute atomic E-state index is 12.9. The summed E-state index contributed by atoms with van der Waals surface area (Å²) in [5.41, 5.74) is 0.0126. The minimum Gasteiger partial charge on any atom is -0.494 e. The fraction of sp³-hybridized carbons (Fsp3) is 0.455. The molecule has 18 heavy (non-hydrogen) atoms. The van der Waals surface area contributed by atoms with Gasteiger partial charge in [0.05, 0.1) is 32.2 Å². The lowest BCUT2D eigenvalue weighted by Gasteiger charge is -2.14. The molecule has 4 nitrogen and oxygen atoms in total. The van der Waals surface area contributed by atoms with E-state index in [0.717, 1.165) is 6.20 Å². The van der Waals surface area contributed by atoms with Crippen molar-refractivity contribution in [2.45, 2.75) is 18.7 Å². The largest absolute Gasteiger partial charge is 0.494 e. The molecule has 0 spiro atoms. The molecule has 100 valence electrons. The number of ether oxygens (including phenoxy) is 2. The fourth-order valence-corrected chi connectivity index (χ4v) is 1.70. The number of aromatic nitrogens is 1. The van der Waals surface area contributed by atoms with Crippen molar-refractivity contribution >= 4 is 17.6 Å². The summed E-state index contributed by atoms with van der Waals surface area (Å²) in [6.07, 6.45) is -2.06. The molecular weight excluding hydrogens is 268 g/mol. The van der Waals surface area contributed by atoms with Crippen LogP contribution in [0.3, 0.4) is 0 Å². The predicted octanol–water partition coefficient (Wildman–Crippen LogP) is 2.48. The number of carbonyl (C=O) groups is 1. The van der Waals surface area contributed by atoms with Crippen LogP contribution < -0.4 is 4.74 Å². The minimum atomic E-state index is -2.75. The molecule has 0 aliphatic rings. The molecule has 1 heterocycles. The van der Waals surface area contributed by atoms with Crippen LogP contribution in [-0.4, -0.2) is 25.2 Å². The summed E-state index contributed by atoms with van der Waals surface area (Å²) in [6, 6.07) is 0. The van der Waals surface area contributed by atoms with Crippen LogP contribution in [0.15, 0.2) is 6.20 Å². The topological polar surface area (TPSA) is 48.4 Å². The van der Waals surface area contributed by atoms with Crippen LogP contribution in [0.4, 0.5) is 8.78 Å². The van der Waals surface area contributed by atoms with Crippen molar-refractivity contribution in [2.75, 3.05) is 14.2 Å². The Bertz CT molecular complexity index is 441. The zero-order valence-electron chi connectivity index (χ0n) is 9.87. The quantitative estimate of drug-likeness (QED) is 0.614. The van der Waals surface area contributed by atoms with Gasteiger partial charge in [0.2, 0.25) is 0 Å². The van der Waals surface area contributed by atoms with Gasteiger partial charge in [0.1, 0.15) is 5.75 Å². The van der Waals surface area contributed by atoms with Gasteiger partial charge >= 0.3 is 5.97 Å². The van der Waals surface area contributed by atoms with Crippen molar-refractivity contribution in [2.24, 2.45) is 0 Å². The Morgan fingerprint density at radius 2 is 2.17 bits per heavy atom. The Kier molecular flexibility index (Phi) is 5.27. The Morgan fingerprint density at radius 1 is 1.50 bits per heavy atom. The first-order chi connectivity index (χ1) is 8.54. The average Bonchev–Trinajstić information content (AvgIpc) is 2.37. The van der Waals surface area contributed by atoms with E-state index in [2.05, 4.69) is 9.72 Å². The number of pyridine rings is 1. The SMILES string of the molecule is COC(=O)Cc1c(C(F)F)cnc(CCl)c1OC. The highest BCUT2D eigenvalue weighted by molar-refractivity contribution is 6.17. The van der Waals surface area contributed by atoms with Gasteiger partial charge in [-0.3, -0.25) is 9.78 Å². The second-order valence-corrected chi connectivity index (χ2v) is 3.63. The van der Waals surface area contributed by atoms with Crippen LogP contribution in [0.2, 0.25) is 0 Å². The predicted molar refractivity (Wildman–Crippen MR) is 61.0 cm³/mol. The average molecular weight is 280 g/mol. The van der Waals surface area contributed by atoms with Crippen molar-refractivity contribution in [1.29, 1.82) is 0 Å². The highest BCUT2D eigenvalue weighted by Gasteiger charge is 2.23. The highest BCUT2D eigenvalue weighted by atomic mass is 35.5. The molecular formula is C11H12ClF2NO3. The van der Waals surface area contributed by atoms with Crippen LogP contribution in [0.5, 0.6) is 5.75 Å². The van der Waals surface area contributed by atoms with Crippen LogP contribution in [-0.2, 0) is 21.8 Å². The molecule has 0 fully saturated rings. The van der Waals surface area contributed by atoms with E-state index in [1.807, 2.05) is 0 Å². The molecule has 7 heteroatoms. The maximum atomic E-state index is 12.9. The number of alkyl halides is 3. The van der Waals surface area contributed by atoms with E-state index < -0.39 is 12.4 Å². The van der Waals surface area contributed by atoms with Gasteiger partial charge in [-0.1, -0.05) is 0 Å². The second-order valence-electron chi connectivity index (χ2n) is 3.36. The van der Waals surface area contributed by atoms with E-state index in [1.54, 1.807) is 0 Å². The molecule has 1 rings (SSSR count). The molecule has 0 aromatic carbocycles. The van der Waals surface area contributed by atoms with Crippen molar-refractivity contribution in [3.63, 3.8) is 0 Å². The Balaban J connectivity index is 3.33. The first-order valence-electron chi connectivity index (χ1n) is 5.00. The van der Waals surface area contributed by atoms with Crippen molar-refractivity contribution in [1.82, 2.24) is 4.98 Å². The third-order valence-corrected chi connectivity index (χ3v) is 2.61. The summed E-state index contributed by atoms with van der Waals surface area (Å²) >= 11 is 5.64. The van der Waals surface area contributed by atoms with E-state index in [9.17, 15) is 13.6 Å². The number of hydrogen-bond donors (Lipinski definition) is 0. The monoisotopic (exact) mass is 279 g/mol. The van der Waals surface area contributed by atoms with Gasteiger partial charge in [-0.15, -0.1) is 11.6 Å². The van der Waals surface area contributed by atoms with Gasteiger partial charge in [-0.2, -0.15) is 0 Å². The minimum absolute atomic E-state index is 0.000857. The number of nitrogens with zero attached hydrogens (tertiary/aromatic N) is 1. The number of rotatable bonds is 5. The zero-order valence-corrected chi connectivity index (χ0v) is 10.6. The first kappa shape index (κ1) is 14.6. The lowest BCUT2D eigenvalue weighted by Crippen LogP contribution is -2.11. The normalized spacial score (nSPS) is 10.6. The molecule has 0 amide bonds. The summed E-state index contributed by atoms with van der Waals surface area (Å²) in [5.74, 6) is -0.531. The molecule has 0 bridgehead atoms. The van der Waals surface area contributed by atoms with Crippen LogP contribution in [0, 0.1) is 0 Å². The number of esters is 1. The molecule has 0 radical (unpaired) electrons. The molecule has 0 aliphatic heterocycles. The molecule has 0 atom stereocenters. The molecule has 0 saturated carbocycles. The number of methoxy groups -OCH3 is 2. The highest BCUT2D eigenvalue weighted by Crippen LogP contribution is 2.32. The first-order valence-corrected chi connectivity index (χ1v) is 5.54. The van der Waals surface area contributed by atoms with Gasteiger partial charge < -0.3 is 9.47 Å². The number of carbonyl (C=O) groups excluding carboxylic acids is 1. The third kappa shape index (κ3) is 3.07. The summed E-state index contributed by atoms with van der Waals surface area (Å²) in [4.78, 5) is 15.0. The van der Waals surface area contributed by atoms with Gasteiger partial charge in [0.15, 0.2) is 0 Å². The lowest BCUT2D eigenvalue weighted by molar-refractivity contribution is -0.139. The maximum Gasteiger partial charge on any atom is 0.310 e. The van der Waals surface area contributed by atoms with Gasteiger partial charge in [-0.25, -0.2) is 8.78 Å². The van der Waals surface area contributed by atoms with E-state index in [-0.39, 0.29) is 29.2 Å². The summed E-state index contributed by atoms with van der Waals surface area (Å²) in [6.45, 7) is 0. The Morgan fingerprint density at radius 3 is 2.61 bits per heavy atom. The van der Waals surface area contributed by atoms with E-state index in [4.69, 9.17) is 16.3 Å². The Labute approximate surface area is 108 Å². The lowest BCUT2D eigenvalue weighted by atomic mass is 10.0. The van der Waals surface area contributed by atoms with Crippen LogP contribution in [0.25, 0.3) is 0 Å². The van der Waals surface area contributed by atoms with Crippen LogP contribution >= 0.6 is 11.6 Å². The summed E-state index contributed by atoms with van der Waals surface area (Å²) in [5, 5.41) is 0. The van der Waals surface area contributed by atoms with Crippen molar-refractivity contribution in [3.05, 3.63) is 23.0 Å². The molecule has 1 aromatic rings. The van der Waals surface area contributed by atoms with Gasteiger partial charge in [0, 0.05) is 17.3 Å².